The number of thiol groups is 1. The Bertz CT molecular complexity index is 1460. The van der Waals surface area contributed by atoms with Crippen LogP contribution < -0.4 is 9.47 Å². The first-order valence-corrected chi connectivity index (χ1v) is 22.3. The maximum Gasteiger partial charge on any atom is 0.307 e. The van der Waals surface area contributed by atoms with Gasteiger partial charge in [0, 0.05) is 73.0 Å². The molecular weight excluding hydrogens is 845 g/mol. The second-order valence-electron chi connectivity index (χ2n) is 15.7. The summed E-state index contributed by atoms with van der Waals surface area (Å²) in [5.41, 5.74) is 1.91. The minimum atomic E-state index is -0.294. The van der Waals surface area contributed by atoms with Crippen LogP contribution in [0.2, 0.25) is 0 Å². The number of rotatable bonds is 35. The average Bonchev–Trinajstić information content (AvgIpc) is 3.23. The lowest BCUT2D eigenvalue weighted by atomic mass is 10.2. The normalized spacial score (nSPS) is 11.8. The van der Waals surface area contributed by atoms with E-state index in [-0.39, 0.29) is 54.1 Å². The second kappa shape index (κ2) is 33.8. The number of hydrogen-bond donors (Lipinski definition) is 5. The van der Waals surface area contributed by atoms with Crippen molar-refractivity contribution in [1.29, 1.82) is 0 Å². The molecule has 0 radical (unpaired) electrons. The molecular formula is C43H74N4O13S2. The third-order valence-electron chi connectivity index (χ3n) is 8.41. The van der Waals surface area contributed by atoms with Crippen molar-refractivity contribution >= 4 is 36.1 Å². The fourth-order valence-corrected chi connectivity index (χ4v) is 6.87. The highest BCUT2D eigenvalue weighted by atomic mass is 32.2. The van der Waals surface area contributed by atoms with Gasteiger partial charge in [0.15, 0.2) is 0 Å². The van der Waals surface area contributed by atoms with E-state index in [4.69, 9.17) is 38.6 Å². The Labute approximate surface area is 378 Å². The first-order chi connectivity index (χ1) is 29.5. The highest BCUT2D eigenvalue weighted by Gasteiger charge is 2.22. The predicted octanol–water partition coefficient (Wildman–Crippen LogP) is 2.95. The summed E-state index contributed by atoms with van der Waals surface area (Å²) in [6.45, 7) is 15.2. The van der Waals surface area contributed by atoms with E-state index < -0.39 is 0 Å². The quantitative estimate of drug-likeness (QED) is 0.0382. The number of ketones is 1. The topological polar surface area (TPSA) is 212 Å². The summed E-state index contributed by atoms with van der Waals surface area (Å²) >= 11 is 6.14. The number of aliphatic hydroxyl groups excluding tert-OH is 4. The largest absolute Gasteiger partial charge is 0.492 e. The number of esters is 1. The zero-order valence-corrected chi connectivity index (χ0v) is 39.7. The molecule has 356 valence electrons. The summed E-state index contributed by atoms with van der Waals surface area (Å²) in [5, 5.41) is 36.8. The molecule has 2 rings (SSSR count). The Hall–Kier alpha value is -2.66. The van der Waals surface area contributed by atoms with E-state index in [0.717, 1.165) is 19.6 Å². The SMILES string of the molecule is CN(CCOc1cc(CO)nc(CO)c1)CC(C)(C)S.COC(=O)CCOCCOCCOCCOCCCC(=O)CSC(C)(C)CN(C)CCOc1cc(CO)nc(CO)c1. The number of likely N-dealkylation sites (N-methyl/N-ethyl adjacent to an activating group) is 2. The van der Waals surface area contributed by atoms with Crippen molar-refractivity contribution in [2.24, 2.45) is 0 Å². The molecule has 17 nitrogen and oxygen atoms in total. The van der Waals surface area contributed by atoms with Crippen molar-refractivity contribution in [1.82, 2.24) is 19.8 Å². The third-order valence-corrected chi connectivity index (χ3v) is 9.93. The summed E-state index contributed by atoms with van der Waals surface area (Å²) in [6.07, 6.45) is 1.40. The lowest BCUT2D eigenvalue weighted by Gasteiger charge is -2.29. The van der Waals surface area contributed by atoms with Crippen molar-refractivity contribution < 1.29 is 63.2 Å². The van der Waals surface area contributed by atoms with Gasteiger partial charge < -0.3 is 63.4 Å². The highest BCUT2D eigenvalue weighted by Crippen LogP contribution is 2.26. The van der Waals surface area contributed by atoms with E-state index >= 15 is 0 Å². The number of aliphatic hydroxyl groups is 4. The summed E-state index contributed by atoms with van der Waals surface area (Å²) < 4.78 is 37.5. The molecule has 0 aromatic carbocycles. The lowest BCUT2D eigenvalue weighted by Crippen LogP contribution is -2.37. The summed E-state index contributed by atoms with van der Waals surface area (Å²) in [4.78, 5) is 35.8. The maximum absolute atomic E-state index is 12.4. The van der Waals surface area contributed by atoms with E-state index in [1.165, 1.54) is 7.11 Å². The van der Waals surface area contributed by atoms with Crippen molar-refractivity contribution in [3.05, 3.63) is 47.0 Å². The van der Waals surface area contributed by atoms with Crippen LogP contribution in [-0.2, 0) is 59.7 Å². The van der Waals surface area contributed by atoms with Crippen LogP contribution in [0.25, 0.3) is 0 Å². The Morgan fingerprint density at radius 2 is 1.03 bits per heavy atom. The molecule has 2 heterocycles. The number of thioether (sulfide) groups is 1. The second-order valence-corrected chi connectivity index (χ2v) is 18.5. The van der Waals surface area contributed by atoms with E-state index in [0.29, 0.717) is 125 Å². The Balaban J connectivity index is 0.000000799. The zero-order chi connectivity index (χ0) is 46.2. The van der Waals surface area contributed by atoms with E-state index in [9.17, 15) is 19.8 Å². The average molecular weight is 919 g/mol. The number of pyridine rings is 2. The fraction of sp³-hybridized carbons (Fsp3) is 0.721. The van der Waals surface area contributed by atoms with Crippen molar-refractivity contribution in [2.45, 2.75) is 82.9 Å². The van der Waals surface area contributed by atoms with Gasteiger partial charge in [-0.1, -0.05) is 0 Å². The molecule has 0 saturated carbocycles. The molecule has 0 bridgehead atoms. The molecule has 0 fully saturated rings. The monoisotopic (exact) mass is 918 g/mol. The molecule has 0 aliphatic rings. The summed E-state index contributed by atoms with van der Waals surface area (Å²) in [5.74, 6) is 1.56. The first kappa shape index (κ1) is 57.4. The van der Waals surface area contributed by atoms with Gasteiger partial charge in [-0.25, -0.2) is 0 Å². The molecule has 0 amide bonds. The van der Waals surface area contributed by atoms with Gasteiger partial charge in [0.25, 0.3) is 0 Å². The number of nitrogens with zero attached hydrogens (tertiary/aromatic N) is 4. The molecule has 0 aliphatic carbocycles. The number of methoxy groups -OCH3 is 1. The van der Waals surface area contributed by atoms with E-state index in [1.807, 2.05) is 14.1 Å². The van der Waals surface area contributed by atoms with Crippen molar-refractivity contribution in [3.63, 3.8) is 0 Å². The Morgan fingerprint density at radius 3 is 1.44 bits per heavy atom. The summed E-state index contributed by atoms with van der Waals surface area (Å²) in [6, 6.07) is 6.70. The van der Waals surface area contributed by atoms with Gasteiger partial charge in [-0.3, -0.25) is 19.6 Å². The molecule has 62 heavy (non-hydrogen) atoms. The van der Waals surface area contributed by atoms with Crippen LogP contribution in [0.3, 0.4) is 0 Å². The van der Waals surface area contributed by atoms with Crippen LogP contribution >= 0.6 is 24.4 Å². The van der Waals surface area contributed by atoms with Crippen LogP contribution in [0.5, 0.6) is 11.5 Å². The number of carbonyl (C=O) groups excluding carboxylic acids is 2. The van der Waals surface area contributed by atoms with Gasteiger partial charge >= 0.3 is 5.97 Å². The number of aromatic nitrogens is 2. The standard InChI is InChI=1S/C29H50N2O10S.C14H24N2O3S/c1-29(2,23-31(3)8-11-41-27-18-24(20-32)30-25(19-27)21-33)42-22-26(34)6-5-9-37-12-14-39-16-17-40-15-13-38-10-7-28(35)36-4;1-14(2,20)10-16(3)4-5-19-13-6-11(8-17)15-12(7-13)9-18/h18-19,32-33H,5-17,20-23H2,1-4H3;6-7,17-18,20H,4-5,8-10H2,1-3H3. The fourth-order valence-electron chi connectivity index (χ4n) is 5.62. The molecule has 4 N–H and O–H groups in total. The maximum atomic E-state index is 12.4. The third kappa shape index (κ3) is 30.4. The van der Waals surface area contributed by atoms with Gasteiger partial charge in [0.2, 0.25) is 0 Å². The molecule has 0 atom stereocenters. The molecule has 2 aromatic rings. The number of Topliss-reactive ketones (excluding diaryl/α,β-unsaturated/α-hetero) is 1. The minimum Gasteiger partial charge on any atom is -0.492 e. The first-order valence-electron chi connectivity index (χ1n) is 20.8. The predicted molar refractivity (Wildman–Crippen MR) is 242 cm³/mol. The van der Waals surface area contributed by atoms with Crippen LogP contribution in [0.4, 0.5) is 0 Å². The smallest absolute Gasteiger partial charge is 0.307 e. The molecule has 0 aliphatic heterocycles. The Kier molecular flexibility index (Phi) is 31.3. The van der Waals surface area contributed by atoms with Crippen LogP contribution in [0.15, 0.2) is 24.3 Å². The molecule has 0 unspecified atom stereocenters. The van der Waals surface area contributed by atoms with Crippen LogP contribution in [0, 0.1) is 0 Å². The molecule has 0 spiro atoms. The van der Waals surface area contributed by atoms with Gasteiger partial charge in [0.05, 0.1) is 115 Å². The molecule has 2 aromatic heterocycles. The van der Waals surface area contributed by atoms with Crippen molar-refractivity contribution in [3.8, 4) is 11.5 Å². The van der Waals surface area contributed by atoms with Gasteiger partial charge in [-0.15, -0.1) is 11.8 Å². The molecule has 19 heteroatoms. The lowest BCUT2D eigenvalue weighted by molar-refractivity contribution is -0.142. The van der Waals surface area contributed by atoms with E-state index in [1.54, 1.807) is 36.0 Å². The van der Waals surface area contributed by atoms with Gasteiger partial charge in [-0.2, -0.15) is 12.6 Å². The number of carbonyl (C=O) groups is 2. The van der Waals surface area contributed by atoms with Gasteiger partial charge in [-0.05, 0) is 48.2 Å². The van der Waals surface area contributed by atoms with Gasteiger partial charge in [0.1, 0.15) is 30.5 Å². The van der Waals surface area contributed by atoms with E-state index in [2.05, 4.69) is 64.8 Å². The minimum absolute atomic E-state index is 0.0421. The number of ether oxygens (including phenoxy) is 7. The number of hydrogen-bond acceptors (Lipinski definition) is 19. The van der Waals surface area contributed by atoms with Crippen LogP contribution in [-0.4, -0.2) is 181 Å². The zero-order valence-electron chi connectivity index (χ0n) is 38.0. The Morgan fingerprint density at radius 1 is 0.629 bits per heavy atom. The van der Waals surface area contributed by atoms with Crippen LogP contribution in [0.1, 0.15) is 69.7 Å². The highest BCUT2D eigenvalue weighted by molar-refractivity contribution is 8.01. The van der Waals surface area contributed by atoms with Crippen molar-refractivity contribution in [2.75, 3.05) is 119 Å². The molecule has 0 saturated heterocycles. The summed E-state index contributed by atoms with van der Waals surface area (Å²) in [7, 11) is 5.38.